The van der Waals surface area contributed by atoms with Gasteiger partial charge in [0.25, 0.3) is 5.91 Å². The third kappa shape index (κ3) is 4.14. The van der Waals surface area contributed by atoms with Gasteiger partial charge in [-0.1, -0.05) is 6.92 Å². The lowest BCUT2D eigenvalue weighted by molar-refractivity contribution is -0.137. The van der Waals surface area contributed by atoms with E-state index >= 15 is 0 Å². The number of amides is 1. The summed E-state index contributed by atoms with van der Waals surface area (Å²) < 4.78 is 0. The van der Waals surface area contributed by atoms with Crippen molar-refractivity contribution >= 4 is 11.9 Å². The minimum atomic E-state index is -0.931. The fourth-order valence-electron chi connectivity index (χ4n) is 1.51. The molecule has 98 valence electrons. The lowest BCUT2D eigenvalue weighted by atomic mass is 10.1. The highest BCUT2D eigenvalue weighted by atomic mass is 16.4. The standard InChI is InChI=1S/C12H17N3O3/c1-2-9(6-11(16)17)15-12(18)8-3-4-14-10(5-8)7-13/h3-5,9H,2,6-7,13H2,1H3,(H,15,18)(H,16,17). The lowest BCUT2D eigenvalue weighted by Crippen LogP contribution is -2.36. The van der Waals surface area contributed by atoms with Crippen LogP contribution in [0.15, 0.2) is 18.3 Å². The molecule has 0 radical (unpaired) electrons. The number of carbonyl (C=O) groups excluding carboxylic acids is 1. The molecule has 0 aromatic carbocycles. The molecular formula is C12H17N3O3. The Balaban J connectivity index is 2.71. The van der Waals surface area contributed by atoms with E-state index in [-0.39, 0.29) is 24.9 Å². The van der Waals surface area contributed by atoms with Gasteiger partial charge in [-0.05, 0) is 18.6 Å². The molecule has 0 aliphatic carbocycles. The summed E-state index contributed by atoms with van der Waals surface area (Å²) in [6.07, 6.45) is 1.99. The van der Waals surface area contributed by atoms with E-state index < -0.39 is 5.97 Å². The molecule has 6 heteroatoms. The minimum absolute atomic E-state index is 0.0862. The van der Waals surface area contributed by atoms with Crippen LogP contribution in [-0.2, 0) is 11.3 Å². The van der Waals surface area contributed by atoms with Crippen molar-refractivity contribution in [3.8, 4) is 0 Å². The van der Waals surface area contributed by atoms with Crippen molar-refractivity contribution in [3.63, 3.8) is 0 Å². The highest BCUT2D eigenvalue weighted by molar-refractivity contribution is 5.94. The maximum absolute atomic E-state index is 11.9. The highest BCUT2D eigenvalue weighted by Gasteiger charge is 2.15. The Morgan fingerprint density at radius 1 is 1.56 bits per heavy atom. The van der Waals surface area contributed by atoms with Crippen LogP contribution in [0, 0.1) is 0 Å². The SMILES string of the molecule is CCC(CC(=O)O)NC(=O)c1ccnc(CN)c1. The zero-order chi connectivity index (χ0) is 13.5. The third-order valence-corrected chi connectivity index (χ3v) is 2.54. The van der Waals surface area contributed by atoms with Crippen molar-refractivity contribution in [2.24, 2.45) is 5.73 Å². The van der Waals surface area contributed by atoms with Gasteiger partial charge in [0.05, 0.1) is 12.1 Å². The quantitative estimate of drug-likeness (QED) is 0.683. The molecule has 1 amide bonds. The van der Waals surface area contributed by atoms with Crippen LogP contribution < -0.4 is 11.1 Å². The van der Waals surface area contributed by atoms with Crippen LogP contribution in [0.4, 0.5) is 0 Å². The Labute approximate surface area is 105 Å². The van der Waals surface area contributed by atoms with E-state index in [9.17, 15) is 9.59 Å². The number of carboxylic acid groups (broad SMARTS) is 1. The smallest absolute Gasteiger partial charge is 0.305 e. The fourth-order valence-corrected chi connectivity index (χ4v) is 1.51. The first-order valence-electron chi connectivity index (χ1n) is 5.74. The van der Waals surface area contributed by atoms with E-state index in [1.54, 1.807) is 12.1 Å². The molecule has 0 aliphatic heterocycles. The molecule has 1 aromatic rings. The van der Waals surface area contributed by atoms with Crippen LogP contribution in [0.3, 0.4) is 0 Å². The molecule has 1 atom stereocenters. The number of carboxylic acids is 1. The Bertz CT molecular complexity index is 434. The predicted octanol–water partition coefficient (Wildman–Crippen LogP) is 0.523. The second-order valence-electron chi connectivity index (χ2n) is 3.92. The van der Waals surface area contributed by atoms with Gasteiger partial charge in [-0.25, -0.2) is 0 Å². The van der Waals surface area contributed by atoms with Crippen molar-refractivity contribution in [3.05, 3.63) is 29.6 Å². The largest absolute Gasteiger partial charge is 0.481 e. The zero-order valence-corrected chi connectivity index (χ0v) is 10.2. The average molecular weight is 251 g/mol. The molecule has 0 fully saturated rings. The summed E-state index contributed by atoms with van der Waals surface area (Å²) in [7, 11) is 0. The van der Waals surface area contributed by atoms with E-state index in [4.69, 9.17) is 10.8 Å². The zero-order valence-electron chi connectivity index (χ0n) is 10.2. The number of aromatic nitrogens is 1. The number of pyridine rings is 1. The summed E-state index contributed by atoms with van der Waals surface area (Å²) in [5.74, 6) is -1.24. The number of nitrogens with one attached hydrogen (secondary N) is 1. The number of nitrogens with zero attached hydrogens (tertiary/aromatic N) is 1. The van der Waals surface area contributed by atoms with Gasteiger partial charge in [0.15, 0.2) is 0 Å². The van der Waals surface area contributed by atoms with E-state index in [1.807, 2.05) is 6.92 Å². The van der Waals surface area contributed by atoms with Gasteiger partial charge in [-0.15, -0.1) is 0 Å². The monoisotopic (exact) mass is 251 g/mol. The summed E-state index contributed by atoms with van der Waals surface area (Å²) in [6, 6.07) is 2.80. The van der Waals surface area contributed by atoms with E-state index in [0.29, 0.717) is 17.7 Å². The maximum atomic E-state index is 11.9. The van der Waals surface area contributed by atoms with Crippen LogP contribution in [-0.4, -0.2) is 28.0 Å². The first-order chi connectivity index (χ1) is 8.56. The molecule has 0 aliphatic rings. The molecule has 1 unspecified atom stereocenters. The number of aliphatic carboxylic acids is 1. The van der Waals surface area contributed by atoms with Gasteiger partial charge in [0.2, 0.25) is 0 Å². The van der Waals surface area contributed by atoms with Gasteiger partial charge in [0.1, 0.15) is 0 Å². The van der Waals surface area contributed by atoms with Crippen molar-refractivity contribution < 1.29 is 14.7 Å². The van der Waals surface area contributed by atoms with Crippen LogP contribution in [0.25, 0.3) is 0 Å². The second-order valence-corrected chi connectivity index (χ2v) is 3.92. The molecule has 0 bridgehead atoms. The second kappa shape index (κ2) is 6.70. The Morgan fingerprint density at radius 3 is 2.83 bits per heavy atom. The van der Waals surface area contributed by atoms with E-state index in [2.05, 4.69) is 10.3 Å². The Hall–Kier alpha value is -1.95. The van der Waals surface area contributed by atoms with Crippen LogP contribution in [0.1, 0.15) is 35.8 Å². The van der Waals surface area contributed by atoms with Crippen LogP contribution >= 0.6 is 0 Å². The van der Waals surface area contributed by atoms with Gasteiger partial charge in [0, 0.05) is 24.3 Å². The van der Waals surface area contributed by atoms with Gasteiger partial charge >= 0.3 is 5.97 Å². The number of nitrogens with two attached hydrogens (primary N) is 1. The molecule has 0 spiro atoms. The lowest BCUT2D eigenvalue weighted by Gasteiger charge is -2.14. The van der Waals surface area contributed by atoms with Crippen LogP contribution in [0.2, 0.25) is 0 Å². The van der Waals surface area contributed by atoms with Gasteiger partial charge < -0.3 is 16.2 Å². The van der Waals surface area contributed by atoms with E-state index in [0.717, 1.165) is 0 Å². The summed E-state index contributed by atoms with van der Waals surface area (Å²) in [5, 5.41) is 11.4. The van der Waals surface area contributed by atoms with E-state index in [1.165, 1.54) is 6.20 Å². The molecule has 18 heavy (non-hydrogen) atoms. The minimum Gasteiger partial charge on any atom is -0.481 e. The Morgan fingerprint density at radius 2 is 2.28 bits per heavy atom. The van der Waals surface area contributed by atoms with Crippen LogP contribution in [0.5, 0.6) is 0 Å². The summed E-state index contributed by atoms with van der Waals surface area (Å²) >= 11 is 0. The predicted molar refractivity (Wildman–Crippen MR) is 65.9 cm³/mol. The van der Waals surface area contributed by atoms with Crippen molar-refractivity contribution in [2.75, 3.05) is 0 Å². The third-order valence-electron chi connectivity index (χ3n) is 2.54. The van der Waals surface area contributed by atoms with Crippen molar-refractivity contribution in [2.45, 2.75) is 32.4 Å². The molecule has 4 N–H and O–H groups in total. The number of carbonyl (C=O) groups is 2. The normalized spacial score (nSPS) is 11.9. The first kappa shape index (κ1) is 14.1. The Kier molecular flexibility index (Phi) is 5.26. The molecular weight excluding hydrogens is 234 g/mol. The first-order valence-corrected chi connectivity index (χ1v) is 5.74. The number of hydrogen-bond donors (Lipinski definition) is 3. The molecule has 1 rings (SSSR count). The molecule has 1 aromatic heterocycles. The number of hydrogen-bond acceptors (Lipinski definition) is 4. The molecule has 6 nitrogen and oxygen atoms in total. The summed E-state index contributed by atoms with van der Waals surface area (Å²) in [5.41, 5.74) is 6.50. The topological polar surface area (TPSA) is 105 Å². The summed E-state index contributed by atoms with van der Waals surface area (Å²) in [6.45, 7) is 2.08. The van der Waals surface area contributed by atoms with Gasteiger partial charge in [-0.3, -0.25) is 14.6 Å². The molecule has 0 saturated carbocycles. The number of rotatable bonds is 6. The average Bonchev–Trinajstić information content (AvgIpc) is 2.37. The fraction of sp³-hybridized carbons (Fsp3) is 0.417. The molecule has 1 heterocycles. The molecule has 0 saturated heterocycles. The van der Waals surface area contributed by atoms with Crippen molar-refractivity contribution in [1.29, 1.82) is 0 Å². The maximum Gasteiger partial charge on any atom is 0.305 e. The van der Waals surface area contributed by atoms with Gasteiger partial charge in [-0.2, -0.15) is 0 Å². The summed E-state index contributed by atoms with van der Waals surface area (Å²) in [4.78, 5) is 26.5. The highest BCUT2D eigenvalue weighted by Crippen LogP contribution is 2.04. The van der Waals surface area contributed by atoms with Crippen molar-refractivity contribution in [1.82, 2.24) is 10.3 Å².